The van der Waals surface area contributed by atoms with E-state index in [1.807, 2.05) is 6.08 Å². The SMILES string of the molecule is C=CCCCC(NC)C1Cc2ccccc2C1. The molecule has 0 bridgehead atoms. The Kier molecular flexibility index (Phi) is 4.38. The maximum absolute atomic E-state index is 3.79. The van der Waals surface area contributed by atoms with Crippen LogP contribution in [0.3, 0.4) is 0 Å². The van der Waals surface area contributed by atoms with E-state index >= 15 is 0 Å². The van der Waals surface area contributed by atoms with E-state index in [1.165, 1.54) is 25.7 Å². The molecule has 2 rings (SSSR count). The zero-order valence-electron chi connectivity index (χ0n) is 10.8. The van der Waals surface area contributed by atoms with Gasteiger partial charge in [-0.1, -0.05) is 30.3 Å². The topological polar surface area (TPSA) is 12.0 Å². The molecule has 0 heterocycles. The molecule has 0 aromatic heterocycles. The molecule has 1 aromatic rings. The predicted molar refractivity (Wildman–Crippen MR) is 74.2 cm³/mol. The highest BCUT2D eigenvalue weighted by Gasteiger charge is 2.26. The third-order valence-electron chi connectivity index (χ3n) is 3.95. The normalized spacial score (nSPS) is 16.8. The molecule has 0 aliphatic heterocycles. The monoisotopic (exact) mass is 229 g/mol. The van der Waals surface area contributed by atoms with Crippen LogP contribution in [0.5, 0.6) is 0 Å². The van der Waals surface area contributed by atoms with E-state index in [-0.39, 0.29) is 0 Å². The van der Waals surface area contributed by atoms with Crippen LogP contribution in [-0.4, -0.2) is 13.1 Å². The van der Waals surface area contributed by atoms with Gasteiger partial charge in [-0.05, 0) is 56.2 Å². The van der Waals surface area contributed by atoms with Crippen molar-refractivity contribution >= 4 is 0 Å². The number of hydrogen-bond acceptors (Lipinski definition) is 1. The Bertz CT molecular complexity index is 345. The largest absolute Gasteiger partial charge is 0.317 e. The summed E-state index contributed by atoms with van der Waals surface area (Å²) in [5, 5.41) is 3.50. The van der Waals surface area contributed by atoms with Gasteiger partial charge in [0.2, 0.25) is 0 Å². The molecule has 1 aliphatic rings. The number of nitrogens with one attached hydrogen (secondary N) is 1. The van der Waals surface area contributed by atoms with Gasteiger partial charge in [-0.3, -0.25) is 0 Å². The van der Waals surface area contributed by atoms with Crippen molar-refractivity contribution in [3.8, 4) is 0 Å². The molecular weight excluding hydrogens is 206 g/mol. The Balaban J connectivity index is 1.93. The van der Waals surface area contributed by atoms with Gasteiger partial charge in [0.05, 0.1) is 0 Å². The molecule has 1 aliphatic carbocycles. The van der Waals surface area contributed by atoms with Gasteiger partial charge in [-0.25, -0.2) is 0 Å². The Hall–Kier alpha value is -1.08. The van der Waals surface area contributed by atoms with E-state index in [0.717, 1.165) is 12.3 Å². The Labute approximate surface area is 105 Å². The highest BCUT2D eigenvalue weighted by molar-refractivity contribution is 5.32. The smallest absolute Gasteiger partial charge is 0.00987 e. The van der Waals surface area contributed by atoms with Crippen LogP contribution in [0.2, 0.25) is 0 Å². The number of fused-ring (bicyclic) bond motifs is 1. The van der Waals surface area contributed by atoms with E-state index in [1.54, 1.807) is 11.1 Å². The van der Waals surface area contributed by atoms with Crippen molar-refractivity contribution in [1.82, 2.24) is 5.32 Å². The second-order valence-corrected chi connectivity index (χ2v) is 5.05. The standard InChI is InChI=1S/C16H23N/c1-3-4-5-10-16(17-2)15-11-13-8-6-7-9-14(13)12-15/h3,6-9,15-17H,1,4-5,10-12H2,2H3. The zero-order chi connectivity index (χ0) is 12.1. The maximum atomic E-state index is 3.79. The fourth-order valence-electron chi connectivity index (χ4n) is 2.98. The van der Waals surface area contributed by atoms with Crippen LogP contribution in [0, 0.1) is 5.92 Å². The fourth-order valence-corrected chi connectivity index (χ4v) is 2.98. The molecule has 0 saturated carbocycles. The summed E-state index contributed by atoms with van der Waals surface area (Å²) in [6.07, 6.45) is 8.17. The lowest BCUT2D eigenvalue weighted by Crippen LogP contribution is -2.34. The third kappa shape index (κ3) is 2.98. The number of rotatable bonds is 6. The zero-order valence-corrected chi connectivity index (χ0v) is 10.8. The Morgan fingerprint density at radius 1 is 1.35 bits per heavy atom. The molecule has 1 heteroatoms. The maximum Gasteiger partial charge on any atom is 0.00987 e. The minimum Gasteiger partial charge on any atom is -0.317 e. The molecule has 1 atom stereocenters. The first-order chi connectivity index (χ1) is 8.35. The Morgan fingerprint density at radius 2 is 2.00 bits per heavy atom. The molecule has 92 valence electrons. The minimum absolute atomic E-state index is 0.655. The second kappa shape index (κ2) is 6.02. The number of benzene rings is 1. The number of allylic oxidation sites excluding steroid dienone is 1. The van der Waals surface area contributed by atoms with Crippen molar-refractivity contribution in [3.05, 3.63) is 48.0 Å². The average molecular weight is 229 g/mol. The quantitative estimate of drug-likeness (QED) is 0.582. The first-order valence-corrected chi connectivity index (χ1v) is 6.70. The highest BCUT2D eigenvalue weighted by Crippen LogP contribution is 2.30. The van der Waals surface area contributed by atoms with Crippen LogP contribution in [0.1, 0.15) is 30.4 Å². The lowest BCUT2D eigenvalue weighted by molar-refractivity contribution is 0.359. The molecule has 0 radical (unpaired) electrons. The van der Waals surface area contributed by atoms with Gasteiger partial charge in [0.15, 0.2) is 0 Å². The summed E-state index contributed by atoms with van der Waals surface area (Å²) in [4.78, 5) is 0. The van der Waals surface area contributed by atoms with Crippen molar-refractivity contribution in [2.45, 2.75) is 38.1 Å². The average Bonchev–Trinajstić information content (AvgIpc) is 2.78. The van der Waals surface area contributed by atoms with Gasteiger partial charge in [0.1, 0.15) is 0 Å². The summed E-state index contributed by atoms with van der Waals surface area (Å²) in [5.74, 6) is 0.780. The summed E-state index contributed by atoms with van der Waals surface area (Å²) in [6.45, 7) is 3.79. The van der Waals surface area contributed by atoms with Crippen LogP contribution in [0.4, 0.5) is 0 Å². The third-order valence-corrected chi connectivity index (χ3v) is 3.95. The van der Waals surface area contributed by atoms with Gasteiger partial charge < -0.3 is 5.32 Å². The van der Waals surface area contributed by atoms with Crippen LogP contribution >= 0.6 is 0 Å². The molecule has 0 amide bonds. The summed E-state index contributed by atoms with van der Waals surface area (Å²) < 4.78 is 0. The van der Waals surface area contributed by atoms with Gasteiger partial charge in [0.25, 0.3) is 0 Å². The first-order valence-electron chi connectivity index (χ1n) is 6.70. The van der Waals surface area contributed by atoms with Crippen molar-refractivity contribution in [3.63, 3.8) is 0 Å². The molecule has 0 fully saturated rings. The lowest BCUT2D eigenvalue weighted by Gasteiger charge is -2.22. The highest BCUT2D eigenvalue weighted by atomic mass is 14.9. The van der Waals surface area contributed by atoms with Crippen LogP contribution in [0.15, 0.2) is 36.9 Å². The van der Waals surface area contributed by atoms with E-state index < -0.39 is 0 Å². The van der Waals surface area contributed by atoms with Crippen LogP contribution in [-0.2, 0) is 12.8 Å². The molecule has 17 heavy (non-hydrogen) atoms. The molecule has 1 unspecified atom stereocenters. The van der Waals surface area contributed by atoms with E-state index in [2.05, 4.69) is 43.2 Å². The van der Waals surface area contributed by atoms with Crippen molar-refractivity contribution in [1.29, 1.82) is 0 Å². The molecule has 1 aromatic carbocycles. The minimum atomic E-state index is 0.655. The van der Waals surface area contributed by atoms with Crippen LogP contribution in [0.25, 0.3) is 0 Å². The van der Waals surface area contributed by atoms with Gasteiger partial charge in [-0.15, -0.1) is 6.58 Å². The van der Waals surface area contributed by atoms with Gasteiger partial charge in [-0.2, -0.15) is 0 Å². The van der Waals surface area contributed by atoms with E-state index in [4.69, 9.17) is 0 Å². The molecule has 0 saturated heterocycles. The van der Waals surface area contributed by atoms with E-state index in [9.17, 15) is 0 Å². The molecular formula is C16H23N. The summed E-state index contributed by atoms with van der Waals surface area (Å²) in [5.41, 5.74) is 3.11. The van der Waals surface area contributed by atoms with Crippen molar-refractivity contribution in [2.24, 2.45) is 5.92 Å². The molecule has 0 spiro atoms. The first kappa shape index (κ1) is 12.4. The molecule has 1 nitrogen and oxygen atoms in total. The van der Waals surface area contributed by atoms with Crippen molar-refractivity contribution < 1.29 is 0 Å². The van der Waals surface area contributed by atoms with Crippen molar-refractivity contribution in [2.75, 3.05) is 7.05 Å². The summed E-state index contributed by atoms with van der Waals surface area (Å²) >= 11 is 0. The summed E-state index contributed by atoms with van der Waals surface area (Å²) in [7, 11) is 2.10. The predicted octanol–water partition coefficient (Wildman–Crippen LogP) is 3.35. The Morgan fingerprint density at radius 3 is 2.53 bits per heavy atom. The molecule has 1 N–H and O–H groups in total. The number of hydrogen-bond donors (Lipinski definition) is 1. The second-order valence-electron chi connectivity index (χ2n) is 5.05. The van der Waals surface area contributed by atoms with E-state index in [0.29, 0.717) is 6.04 Å². The number of unbranched alkanes of at least 4 members (excludes halogenated alkanes) is 1. The van der Waals surface area contributed by atoms with Gasteiger partial charge in [0, 0.05) is 6.04 Å². The summed E-state index contributed by atoms with van der Waals surface area (Å²) in [6, 6.07) is 9.54. The lowest BCUT2D eigenvalue weighted by atomic mass is 9.92. The van der Waals surface area contributed by atoms with Gasteiger partial charge >= 0.3 is 0 Å². The van der Waals surface area contributed by atoms with Crippen LogP contribution < -0.4 is 5.32 Å². The fraction of sp³-hybridized carbons (Fsp3) is 0.500.